The maximum absolute atomic E-state index is 14.2. The molecule has 0 radical (unpaired) electrons. The first-order chi connectivity index (χ1) is 20.0. The molecule has 0 saturated heterocycles. The average molecular weight is 612 g/mol. The molecule has 0 unspecified atom stereocenters. The van der Waals surface area contributed by atoms with Gasteiger partial charge in [0.15, 0.2) is 0 Å². The quantitative estimate of drug-likeness (QED) is 0.237. The van der Waals surface area contributed by atoms with Gasteiger partial charge in [0, 0.05) is 17.5 Å². The maximum Gasteiger partial charge on any atom is 0.264 e. The van der Waals surface area contributed by atoms with E-state index in [1.165, 1.54) is 16.7 Å². The summed E-state index contributed by atoms with van der Waals surface area (Å²) in [6.45, 7) is 9.52. The molecule has 0 fully saturated rings. The van der Waals surface area contributed by atoms with E-state index in [0.29, 0.717) is 24.5 Å². The highest BCUT2D eigenvalue weighted by molar-refractivity contribution is 7.98. The number of carbonyl (C=O) groups is 2. The summed E-state index contributed by atoms with van der Waals surface area (Å²) in [5.74, 6) is -0.177. The van der Waals surface area contributed by atoms with Crippen molar-refractivity contribution in [2.75, 3.05) is 23.7 Å². The number of thioether (sulfide) groups is 1. The first kappa shape index (κ1) is 33.0. The number of nitrogens with one attached hydrogen (secondary N) is 1. The van der Waals surface area contributed by atoms with Crippen LogP contribution in [0.25, 0.3) is 0 Å². The smallest absolute Gasteiger partial charge is 0.264 e. The predicted octanol–water partition coefficient (Wildman–Crippen LogP) is 5.64. The Kier molecular flexibility index (Phi) is 11.9. The molecule has 0 saturated carbocycles. The minimum absolute atomic E-state index is 0.0665. The van der Waals surface area contributed by atoms with E-state index in [1.807, 2.05) is 65.1 Å². The summed E-state index contributed by atoms with van der Waals surface area (Å²) in [5, 5.41) is 2.92. The molecule has 3 aromatic carbocycles. The summed E-state index contributed by atoms with van der Waals surface area (Å²) in [5.41, 5.74) is 2.19. The van der Waals surface area contributed by atoms with Gasteiger partial charge < -0.3 is 15.0 Å². The molecule has 226 valence electrons. The van der Waals surface area contributed by atoms with Crippen molar-refractivity contribution in [3.63, 3.8) is 0 Å². The zero-order chi connectivity index (χ0) is 30.9. The van der Waals surface area contributed by atoms with Gasteiger partial charge in [-0.3, -0.25) is 13.9 Å². The first-order valence-corrected chi connectivity index (χ1v) is 16.7. The fourth-order valence-corrected chi connectivity index (χ4v) is 6.41. The summed E-state index contributed by atoms with van der Waals surface area (Å²) in [6, 6.07) is 20.0. The monoisotopic (exact) mass is 611 g/mol. The Hall–Kier alpha value is -3.50. The van der Waals surface area contributed by atoms with Crippen molar-refractivity contribution in [3.05, 3.63) is 83.9 Å². The number of sulfonamides is 1. The zero-order valence-electron chi connectivity index (χ0n) is 25.2. The van der Waals surface area contributed by atoms with Crippen molar-refractivity contribution in [1.29, 1.82) is 0 Å². The van der Waals surface area contributed by atoms with Gasteiger partial charge in [0.2, 0.25) is 11.8 Å². The van der Waals surface area contributed by atoms with Gasteiger partial charge in [0.1, 0.15) is 18.3 Å². The standard InChI is InChI=1S/C32H41N3O5S2/c1-7-30(32(37)33-23(3)4)34(21-25-11-9-10-24(5)20-25)31(36)22-35(26-12-14-27(15-13-26)40-8-2)42(38,39)29-18-16-28(41-6)17-19-29/h9-20,23,30H,7-8,21-22H2,1-6H3,(H,33,37)/t30-/m1/s1. The molecule has 1 N–H and O–H groups in total. The Morgan fingerprint density at radius 1 is 0.976 bits per heavy atom. The Labute approximate surface area is 254 Å². The Morgan fingerprint density at radius 2 is 1.64 bits per heavy atom. The number of aryl methyl sites for hydroxylation is 1. The molecule has 3 rings (SSSR count). The van der Waals surface area contributed by atoms with E-state index in [-0.39, 0.29) is 23.4 Å². The molecule has 0 bridgehead atoms. The van der Waals surface area contributed by atoms with Gasteiger partial charge in [-0.1, -0.05) is 36.8 Å². The van der Waals surface area contributed by atoms with Gasteiger partial charge in [-0.25, -0.2) is 8.42 Å². The molecule has 2 amide bonds. The second kappa shape index (κ2) is 15.1. The van der Waals surface area contributed by atoms with Gasteiger partial charge in [-0.15, -0.1) is 11.8 Å². The molecule has 8 nitrogen and oxygen atoms in total. The highest BCUT2D eigenvalue weighted by Crippen LogP contribution is 2.28. The summed E-state index contributed by atoms with van der Waals surface area (Å²) < 4.78 is 34.8. The van der Waals surface area contributed by atoms with Gasteiger partial charge in [-0.05, 0) is 94.5 Å². The number of hydrogen-bond acceptors (Lipinski definition) is 6. The van der Waals surface area contributed by atoms with Crippen LogP contribution in [0.5, 0.6) is 5.75 Å². The van der Waals surface area contributed by atoms with Crippen LogP contribution in [0.2, 0.25) is 0 Å². The number of amides is 2. The van der Waals surface area contributed by atoms with Crippen LogP contribution in [-0.4, -0.2) is 56.6 Å². The van der Waals surface area contributed by atoms with E-state index in [4.69, 9.17) is 4.74 Å². The third kappa shape index (κ3) is 8.51. The topological polar surface area (TPSA) is 96.0 Å². The number of hydrogen-bond donors (Lipinski definition) is 1. The molecule has 0 aliphatic rings. The molecule has 3 aromatic rings. The molecular formula is C32H41N3O5S2. The fraction of sp³-hybridized carbons (Fsp3) is 0.375. The number of rotatable bonds is 14. The van der Waals surface area contributed by atoms with Crippen molar-refractivity contribution in [3.8, 4) is 5.75 Å². The van der Waals surface area contributed by atoms with Gasteiger partial charge in [0.25, 0.3) is 10.0 Å². The van der Waals surface area contributed by atoms with Crippen LogP contribution in [0.1, 0.15) is 45.2 Å². The lowest BCUT2D eigenvalue weighted by atomic mass is 10.1. The lowest BCUT2D eigenvalue weighted by molar-refractivity contribution is -0.140. The molecule has 0 aliphatic heterocycles. The Balaban J connectivity index is 2.07. The van der Waals surface area contributed by atoms with Crippen LogP contribution in [-0.2, 0) is 26.2 Å². The van der Waals surface area contributed by atoms with E-state index >= 15 is 0 Å². The van der Waals surface area contributed by atoms with Crippen LogP contribution in [0, 0.1) is 6.92 Å². The zero-order valence-corrected chi connectivity index (χ0v) is 26.8. The third-order valence-corrected chi connectivity index (χ3v) is 9.15. The first-order valence-electron chi connectivity index (χ1n) is 14.0. The van der Waals surface area contributed by atoms with Crippen LogP contribution >= 0.6 is 11.8 Å². The maximum atomic E-state index is 14.2. The molecule has 0 heterocycles. The number of anilines is 1. The van der Waals surface area contributed by atoms with Crippen LogP contribution in [0.15, 0.2) is 82.6 Å². The minimum atomic E-state index is -4.15. The predicted molar refractivity (Wildman–Crippen MR) is 169 cm³/mol. The largest absolute Gasteiger partial charge is 0.494 e. The van der Waals surface area contributed by atoms with Crippen molar-refractivity contribution in [2.45, 2.75) is 69.5 Å². The summed E-state index contributed by atoms with van der Waals surface area (Å²) in [6.07, 6.45) is 2.28. The van der Waals surface area contributed by atoms with Crippen molar-refractivity contribution < 1.29 is 22.7 Å². The molecule has 42 heavy (non-hydrogen) atoms. The number of ether oxygens (including phenoxy) is 1. The lowest BCUT2D eigenvalue weighted by Gasteiger charge is -2.33. The summed E-state index contributed by atoms with van der Waals surface area (Å²) in [4.78, 5) is 29.9. The highest BCUT2D eigenvalue weighted by atomic mass is 32.2. The Morgan fingerprint density at radius 3 is 2.19 bits per heavy atom. The second-order valence-corrected chi connectivity index (χ2v) is 13.0. The van der Waals surface area contributed by atoms with E-state index in [0.717, 1.165) is 20.3 Å². The van der Waals surface area contributed by atoms with Crippen LogP contribution in [0.4, 0.5) is 5.69 Å². The highest BCUT2D eigenvalue weighted by Gasteiger charge is 2.34. The number of nitrogens with zero attached hydrogens (tertiary/aromatic N) is 2. The van der Waals surface area contributed by atoms with Gasteiger partial charge in [-0.2, -0.15) is 0 Å². The average Bonchev–Trinajstić information content (AvgIpc) is 2.96. The van der Waals surface area contributed by atoms with E-state index in [9.17, 15) is 18.0 Å². The molecule has 0 spiro atoms. The number of carbonyl (C=O) groups excluding carboxylic acids is 2. The normalized spacial score (nSPS) is 12.1. The van der Waals surface area contributed by atoms with E-state index in [2.05, 4.69) is 5.32 Å². The summed E-state index contributed by atoms with van der Waals surface area (Å²) >= 11 is 1.51. The van der Waals surface area contributed by atoms with E-state index < -0.39 is 28.5 Å². The summed E-state index contributed by atoms with van der Waals surface area (Å²) in [7, 11) is -4.15. The second-order valence-electron chi connectivity index (χ2n) is 10.2. The van der Waals surface area contributed by atoms with E-state index in [1.54, 1.807) is 48.5 Å². The Bertz CT molecular complexity index is 1440. The minimum Gasteiger partial charge on any atom is -0.494 e. The molecule has 10 heteroatoms. The SMILES string of the molecule is CCOc1ccc(N(CC(=O)N(Cc2cccc(C)c2)[C@H](CC)C(=O)NC(C)C)S(=O)(=O)c2ccc(SC)cc2)cc1. The van der Waals surface area contributed by atoms with Crippen LogP contribution in [0.3, 0.4) is 0 Å². The van der Waals surface area contributed by atoms with Gasteiger partial charge >= 0.3 is 0 Å². The fourth-order valence-electron chi connectivity index (χ4n) is 4.59. The molecular weight excluding hydrogens is 571 g/mol. The molecule has 1 atom stereocenters. The third-order valence-electron chi connectivity index (χ3n) is 6.61. The van der Waals surface area contributed by atoms with Crippen molar-refractivity contribution >= 4 is 39.3 Å². The number of benzene rings is 3. The van der Waals surface area contributed by atoms with Crippen molar-refractivity contribution in [2.24, 2.45) is 0 Å². The molecule has 0 aliphatic carbocycles. The molecule has 0 aromatic heterocycles. The van der Waals surface area contributed by atoms with Gasteiger partial charge in [0.05, 0.1) is 17.2 Å². The van der Waals surface area contributed by atoms with Crippen molar-refractivity contribution in [1.82, 2.24) is 10.2 Å². The lowest BCUT2D eigenvalue weighted by Crippen LogP contribution is -2.53. The van der Waals surface area contributed by atoms with Crippen LogP contribution < -0.4 is 14.4 Å².